The topological polar surface area (TPSA) is 34.2 Å². The molecule has 0 aromatic carbocycles. The first kappa shape index (κ1) is 12.0. The molecule has 0 saturated heterocycles. The van der Waals surface area contributed by atoms with Crippen LogP contribution >= 0.6 is 0 Å². The first-order valence-corrected chi connectivity index (χ1v) is 5.54. The zero-order valence-electron chi connectivity index (χ0n) is 9.79. The third-order valence-corrected chi connectivity index (χ3v) is 2.44. The summed E-state index contributed by atoms with van der Waals surface area (Å²) in [7, 11) is 1.69. The average Bonchev–Trinajstić information content (AvgIpc) is 2.29. The molecule has 1 heterocycles. The highest BCUT2D eigenvalue weighted by molar-refractivity contribution is 5.32. The molecule has 0 bridgehead atoms. The van der Waals surface area contributed by atoms with E-state index in [-0.39, 0.29) is 0 Å². The molecule has 1 N–H and O–H groups in total. The van der Waals surface area contributed by atoms with Crippen LogP contribution in [-0.4, -0.2) is 18.6 Å². The zero-order chi connectivity index (χ0) is 11.1. The van der Waals surface area contributed by atoms with Crippen LogP contribution in [0.2, 0.25) is 0 Å². The van der Waals surface area contributed by atoms with Crippen molar-refractivity contribution >= 4 is 0 Å². The third kappa shape index (κ3) is 3.20. The average molecular weight is 208 g/mol. The number of ether oxygens (including phenoxy) is 1. The Balaban J connectivity index is 2.88. The molecule has 0 amide bonds. The van der Waals surface area contributed by atoms with E-state index in [4.69, 9.17) is 4.74 Å². The summed E-state index contributed by atoms with van der Waals surface area (Å²) in [5.41, 5.74) is 1.20. The van der Waals surface area contributed by atoms with Crippen molar-refractivity contribution in [2.24, 2.45) is 0 Å². The fraction of sp³-hybridized carbons (Fsp3) is 0.583. The minimum atomic E-state index is 0.373. The van der Waals surface area contributed by atoms with Crippen LogP contribution in [0.25, 0.3) is 0 Å². The lowest BCUT2D eigenvalue weighted by molar-refractivity contribution is 0.393. The summed E-state index contributed by atoms with van der Waals surface area (Å²) >= 11 is 0. The van der Waals surface area contributed by atoms with Crippen molar-refractivity contribution in [1.82, 2.24) is 10.3 Å². The maximum atomic E-state index is 5.32. The van der Waals surface area contributed by atoms with E-state index in [1.807, 2.05) is 12.3 Å². The van der Waals surface area contributed by atoms with Crippen LogP contribution in [0.1, 0.15) is 38.3 Å². The predicted octanol–water partition coefficient (Wildman–Crippen LogP) is 2.54. The van der Waals surface area contributed by atoms with Gasteiger partial charge in [0.25, 0.3) is 0 Å². The lowest BCUT2D eigenvalue weighted by Crippen LogP contribution is -2.21. The molecule has 0 aliphatic heterocycles. The molecule has 84 valence electrons. The molecule has 0 radical (unpaired) electrons. The highest BCUT2D eigenvalue weighted by atomic mass is 16.5. The monoisotopic (exact) mass is 208 g/mol. The van der Waals surface area contributed by atoms with Crippen LogP contribution in [0.15, 0.2) is 18.5 Å². The van der Waals surface area contributed by atoms with E-state index in [2.05, 4.69) is 24.1 Å². The van der Waals surface area contributed by atoms with Crippen LogP contribution in [-0.2, 0) is 0 Å². The second-order valence-electron chi connectivity index (χ2n) is 3.52. The van der Waals surface area contributed by atoms with Crippen molar-refractivity contribution < 1.29 is 4.74 Å². The Morgan fingerprint density at radius 1 is 1.47 bits per heavy atom. The van der Waals surface area contributed by atoms with Crippen LogP contribution in [0, 0.1) is 0 Å². The summed E-state index contributed by atoms with van der Waals surface area (Å²) in [5.74, 6) is 0.872. The Labute approximate surface area is 91.9 Å². The summed E-state index contributed by atoms with van der Waals surface area (Å²) in [6.45, 7) is 5.28. The van der Waals surface area contributed by atoms with Gasteiger partial charge in [0.1, 0.15) is 5.75 Å². The molecule has 1 unspecified atom stereocenters. The van der Waals surface area contributed by atoms with Gasteiger partial charge in [0.05, 0.1) is 13.3 Å². The van der Waals surface area contributed by atoms with Gasteiger partial charge in [-0.15, -0.1) is 0 Å². The molecule has 3 heteroatoms. The first-order chi connectivity index (χ1) is 7.33. The smallest absolute Gasteiger partial charge is 0.141 e. The Hall–Kier alpha value is -1.09. The Morgan fingerprint density at radius 3 is 2.87 bits per heavy atom. The summed E-state index contributed by atoms with van der Waals surface area (Å²) < 4.78 is 5.32. The molecule has 1 rings (SSSR count). The fourth-order valence-corrected chi connectivity index (χ4v) is 1.75. The van der Waals surface area contributed by atoms with Crippen LogP contribution in [0.4, 0.5) is 0 Å². The van der Waals surface area contributed by atoms with E-state index in [1.165, 1.54) is 5.56 Å². The van der Waals surface area contributed by atoms with Gasteiger partial charge in [-0.1, -0.05) is 20.3 Å². The molecule has 3 nitrogen and oxygen atoms in total. The van der Waals surface area contributed by atoms with Crippen molar-refractivity contribution in [2.75, 3.05) is 13.7 Å². The summed E-state index contributed by atoms with van der Waals surface area (Å²) in [5, 5.41) is 3.47. The molecule has 0 aliphatic rings. The van der Waals surface area contributed by atoms with Gasteiger partial charge in [0, 0.05) is 17.8 Å². The molecule has 0 aliphatic carbocycles. The van der Waals surface area contributed by atoms with Crippen molar-refractivity contribution in [3.05, 3.63) is 24.0 Å². The molecule has 1 aromatic heterocycles. The third-order valence-electron chi connectivity index (χ3n) is 2.44. The zero-order valence-corrected chi connectivity index (χ0v) is 9.79. The summed E-state index contributed by atoms with van der Waals surface area (Å²) in [4.78, 5) is 4.07. The molecule has 0 spiro atoms. The first-order valence-electron chi connectivity index (χ1n) is 5.54. The van der Waals surface area contributed by atoms with Crippen molar-refractivity contribution in [3.8, 4) is 5.75 Å². The Morgan fingerprint density at radius 2 is 2.27 bits per heavy atom. The summed E-state index contributed by atoms with van der Waals surface area (Å²) in [6, 6.07) is 2.40. The fourth-order valence-electron chi connectivity index (χ4n) is 1.75. The van der Waals surface area contributed by atoms with Crippen LogP contribution in [0.3, 0.4) is 0 Å². The van der Waals surface area contributed by atoms with E-state index < -0.39 is 0 Å². The lowest BCUT2D eigenvalue weighted by atomic mass is 10.0. The number of nitrogens with zero attached hydrogens (tertiary/aromatic N) is 1. The van der Waals surface area contributed by atoms with Crippen molar-refractivity contribution in [1.29, 1.82) is 0 Å². The molecular formula is C12H20N2O. The van der Waals surface area contributed by atoms with Gasteiger partial charge in [-0.25, -0.2) is 0 Å². The van der Waals surface area contributed by atoms with Gasteiger partial charge in [0.15, 0.2) is 0 Å². The highest BCUT2D eigenvalue weighted by Crippen LogP contribution is 2.26. The predicted molar refractivity (Wildman–Crippen MR) is 62.1 cm³/mol. The number of aromatic nitrogens is 1. The number of hydrogen-bond donors (Lipinski definition) is 1. The van der Waals surface area contributed by atoms with Crippen LogP contribution in [0.5, 0.6) is 5.75 Å². The highest BCUT2D eigenvalue weighted by Gasteiger charge is 2.13. The second kappa shape index (κ2) is 6.40. The lowest BCUT2D eigenvalue weighted by Gasteiger charge is -2.19. The quantitative estimate of drug-likeness (QED) is 0.780. The van der Waals surface area contributed by atoms with E-state index in [0.29, 0.717) is 6.04 Å². The van der Waals surface area contributed by atoms with Crippen LogP contribution < -0.4 is 10.1 Å². The molecular weight excluding hydrogens is 188 g/mol. The van der Waals surface area contributed by atoms with Gasteiger partial charge in [0.2, 0.25) is 0 Å². The number of pyridine rings is 1. The van der Waals surface area contributed by atoms with Gasteiger partial charge < -0.3 is 10.1 Å². The van der Waals surface area contributed by atoms with Crippen molar-refractivity contribution in [3.63, 3.8) is 0 Å². The molecule has 15 heavy (non-hydrogen) atoms. The van der Waals surface area contributed by atoms with E-state index >= 15 is 0 Å². The molecule has 0 saturated carbocycles. The molecule has 1 aromatic rings. The SMILES string of the molecule is CCCC(NCC)c1ccncc1OC. The summed E-state index contributed by atoms with van der Waals surface area (Å²) in [6.07, 6.45) is 5.87. The van der Waals surface area contributed by atoms with Crippen molar-refractivity contribution in [2.45, 2.75) is 32.7 Å². The Kier molecular flexibility index (Phi) is 5.12. The van der Waals surface area contributed by atoms with Gasteiger partial charge in [-0.3, -0.25) is 4.98 Å². The Bertz CT molecular complexity index is 283. The minimum Gasteiger partial charge on any atom is -0.495 e. The number of methoxy groups -OCH3 is 1. The van der Waals surface area contributed by atoms with E-state index in [0.717, 1.165) is 25.1 Å². The number of hydrogen-bond acceptors (Lipinski definition) is 3. The normalized spacial score (nSPS) is 12.5. The van der Waals surface area contributed by atoms with Gasteiger partial charge in [-0.2, -0.15) is 0 Å². The number of rotatable bonds is 6. The maximum absolute atomic E-state index is 5.32. The largest absolute Gasteiger partial charge is 0.495 e. The maximum Gasteiger partial charge on any atom is 0.141 e. The van der Waals surface area contributed by atoms with E-state index in [1.54, 1.807) is 13.3 Å². The molecule has 1 atom stereocenters. The second-order valence-corrected chi connectivity index (χ2v) is 3.52. The standard InChI is InChI=1S/C12H20N2O/c1-4-6-11(14-5-2)10-7-8-13-9-12(10)15-3/h7-9,11,14H,4-6H2,1-3H3. The van der Waals surface area contributed by atoms with Gasteiger partial charge >= 0.3 is 0 Å². The van der Waals surface area contributed by atoms with Gasteiger partial charge in [-0.05, 0) is 19.0 Å². The minimum absolute atomic E-state index is 0.373. The molecule has 0 fully saturated rings. The number of nitrogens with one attached hydrogen (secondary N) is 1. The van der Waals surface area contributed by atoms with E-state index in [9.17, 15) is 0 Å².